The number of rotatable bonds is 5. The molecule has 0 aromatic heterocycles. The summed E-state index contributed by atoms with van der Waals surface area (Å²) in [6, 6.07) is 11.5. The first kappa shape index (κ1) is 18.3. The maximum atomic E-state index is 12.3. The van der Waals surface area contributed by atoms with E-state index in [2.05, 4.69) is 5.32 Å². The molecule has 5 nitrogen and oxygen atoms in total. The number of carbonyl (C=O) groups is 1. The van der Waals surface area contributed by atoms with E-state index in [4.69, 9.17) is 16.3 Å². The topological polar surface area (TPSA) is 72.5 Å². The molecule has 7 heteroatoms. The fourth-order valence-corrected chi connectivity index (χ4v) is 2.82. The van der Waals surface area contributed by atoms with E-state index in [1.165, 1.54) is 18.2 Å². The van der Waals surface area contributed by atoms with Crippen molar-refractivity contribution in [1.82, 2.24) is 0 Å². The van der Waals surface area contributed by atoms with Crippen LogP contribution in [0, 0.1) is 6.92 Å². The number of benzene rings is 2. The van der Waals surface area contributed by atoms with E-state index in [-0.39, 0.29) is 15.6 Å². The van der Waals surface area contributed by atoms with E-state index in [0.29, 0.717) is 5.75 Å². The minimum Gasteiger partial charge on any atom is -0.481 e. The van der Waals surface area contributed by atoms with Gasteiger partial charge in [-0.1, -0.05) is 23.7 Å². The van der Waals surface area contributed by atoms with Crippen LogP contribution in [0.1, 0.15) is 12.5 Å². The lowest BCUT2D eigenvalue weighted by molar-refractivity contribution is -0.122. The van der Waals surface area contributed by atoms with E-state index in [0.717, 1.165) is 11.8 Å². The number of ether oxygens (including phenoxy) is 1. The summed E-state index contributed by atoms with van der Waals surface area (Å²) in [7, 11) is -3.39. The summed E-state index contributed by atoms with van der Waals surface area (Å²) in [6.07, 6.45) is 0.315. The smallest absolute Gasteiger partial charge is 0.265 e. The molecule has 0 aliphatic carbocycles. The van der Waals surface area contributed by atoms with E-state index < -0.39 is 21.8 Å². The molecule has 24 heavy (non-hydrogen) atoms. The Bertz CT molecular complexity index is 865. The van der Waals surface area contributed by atoms with Crippen molar-refractivity contribution in [3.63, 3.8) is 0 Å². The summed E-state index contributed by atoms with van der Waals surface area (Å²) >= 11 is 6.03. The predicted molar refractivity (Wildman–Crippen MR) is 94.5 cm³/mol. The molecule has 128 valence electrons. The van der Waals surface area contributed by atoms with Gasteiger partial charge in [-0.05, 0) is 49.7 Å². The van der Waals surface area contributed by atoms with Gasteiger partial charge >= 0.3 is 0 Å². The lowest BCUT2D eigenvalue weighted by atomic mass is 10.2. The number of hydrogen-bond donors (Lipinski definition) is 1. The highest BCUT2D eigenvalue weighted by molar-refractivity contribution is 7.90. The van der Waals surface area contributed by atoms with Gasteiger partial charge in [0.15, 0.2) is 15.9 Å². The van der Waals surface area contributed by atoms with Crippen molar-refractivity contribution in [3.05, 3.63) is 53.1 Å². The maximum absolute atomic E-state index is 12.3. The molecule has 1 N–H and O–H groups in total. The van der Waals surface area contributed by atoms with Gasteiger partial charge in [0, 0.05) is 6.26 Å². The molecule has 0 spiro atoms. The Balaban J connectivity index is 2.14. The Morgan fingerprint density at radius 1 is 1.21 bits per heavy atom. The van der Waals surface area contributed by atoms with Gasteiger partial charge in [-0.2, -0.15) is 0 Å². The van der Waals surface area contributed by atoms with Gasteiger partial charge in [0.05, 0.1) is 15.6 Å². The number of halogens is 1. The number of sulfone groups is 1. The zero-order valence-corrected chi connectivity index (χ0v) is 15.1. The second kappa shape index (κ2) is 7.23. The molecule has 0 aliphatic rings. The van der Waals surface area contributed by atoms with Gasteiger partial charge < -0.3 is 10.1 Å². The average Bonchev–Trinajstić information content (AvgIpc) is 2.48. The highest BCUT2D eigenvalue weighted by Gasteiger charge is 2.18. The van der Waals surface area contributed by atoms with Crippen molar-refractivity contribution in [2.45, 2.75) is 24.8 Å². The van der Waals surface area contributed by atoms with Crippen molar-refractivity contribution in [1.29, 1.82) is 0 Å². The Morgan fingerprint density at radius 2 is 1.92 bits per heavy atom. The van der Waals surface area contributed by atoms with E-state index >= 15 is 0 Å². The summed E-state index contributed by atoms with van der Waals surface area (Å²) in [5, 5.41) is 2.85. The van der Waals surface area contributed by atoms with Crippen LogP contribution in [0.3, 0.4) is 0 Å². The van der Waals surface area contributed by atoms with Crippen molar-refractivity contribution in [3.8, 4) is 5.75 Å². The number of hydrogen-bond acceptors (Lipinski definition) is 4. The first-order valence-electron chi connectivity index (χ1n) is 7.20. The summed E-state index contributed by atoms with van der Waals surface area (Å²) in [6.45, 7) is 3.53. The highest BCUT2D eigenvalue weighted by Crippen LogP contribution is 2.25. The minimum absolute atomic E-state index is 0.0782. The van der Waals surface area contributed by atoms with Gasteiger partial charge in [-0.15, -0.1) is 0 Å². The van der Waals surface area contributed by atoms with Crippen molar-refractivity contribution in [2.75, 3.05) is 11.6 Å². The van der Waals surface area contributed by atoms with Crippen LogP contribution in [-0.2, 0) is 14.6 Å². The Hall–Kier alpha value is -2.05. The third-order valence-corrected chi connectivity index (χ3v) is 4.74. The molecule has 0 saturated carbocycles. The van der Waals surface area contributed by atoms with Crippen LogP contribution < -0.4 is 10.1 Å². The molecule has 0 aliphatic heterocycles. The number of carbonyl (C=O) groups excluding carboxylic acids is 1. The second-order valence-electron chi connectivity index (χ2n) is 5.48. The van der Waals surface area contributed by atoms with Crippen LogP contribution in [0.25, 0.3) is 0 Å². The molecule has 1 atom stereocenters. The zero-order valence-electron chi connectivity index (χ0n) is 13.5. The van der Waals surface area contributed by atoms with Gasteiger partial charge in [-0.3, -0.25) is 4.79 Å². The fraction of sp³-hybridized carbons (Fsp3) is 0.235. The van der Waals surface area contributed by atoms with Crippen LogP contribution in [0.2, 0.25) is 5.02 Å². The van der Waals surface area contributed by atoms with Gasteiger partial charge in [0.25, 0.3) is 5.91 Å². The van der Waals surface area contributed by atoms with Crippen LogP contribution >= 0.6 is 11.6 Å². The van der Waals surface area contributed by atoms with Crippen LogP contribution in [0.4, 0.5) is 5.69 Å². The third-order valence-electron chi connectivity index (χ3n) is 3.30. The van der Waals surface area contributed by atoms with Crippen LogP contribution in [0.15, 0.2) is 47.4 Å². The minimum atomic E-state index is -3.39. The lowest BCUT2D eigenvalue weighted by Gasteiger charge is -2.16. The molecular formula is C17H18ClNO4S. The summed E-state index contributed by atoms with van der Waals surface area (Å²) < 4.78 is 28.8. The molecule has 2 aromatic rings. The molecule has 0 radical (unpaired) electrons. The molecule has 1 amide bonds. The van der Waals surface area contributed by atoms with Crippen molar-refractivity contribution < 1.29 is 17.9 Å². The second-order valence-corrected chi connectivity index (χ2v) is 7.90. The molecule has 0 unspecified atom stereocenters. The van der Waals surface area contributed by atoms with Crippen molar-refractivity contribution in [2.24, 2.45) is 0 Å². The van der Waals surface area contributed by atoms with Crippen molar-refractivity contribution >= 4 is 33.0 Å². The van der Waals surface area contributed by atoms with Gasteiger partial charge in [-0.25, -0.2) is 8.42 Å². The molecule has 0 heterocycles. The van der Waals surface area contributed by atoms with E-state index in [1.807, 2.05) is 25.1 Å². The largest absolute Gasteiger partial charge is 0.481 e. The zero-order chi connectivity index (χ0) is 17.9. The standard InChI is InChI=1S/C17H18ClNO4S/c1-11-5-4-6-13(9-11)23-12(2)17(20)19-16-10-14(24(3,21)22)7-8-15(16)18/h4-10,12H,1-3H3,(H,19,20)/t12-/m1/s1. The monoisotopic (exact) mass is 367 g/mol. The first-order chi connectivity index (χ1) is 11.2. The number of aryl methyl sites for hydroxylation is 1. The number of anilines is 1. The van der Waals surface area contributed by atoms with Gasteiger partial charge in [0.1, 0.15) is 5.75 Å². The molecule has 0 bridgehead atoms. The molecule has 0 fully saturated rings. The lowest BCUT2D eigenvalue weighted by Crippen LogP contribution is -2.30. The van der Waals surface area contributed by atoms with E-state index in [9.17, 15) is 13.2 Å². The van der Waals surface area contributed by atoms with Crippen LogP contribution in [0.5, 0.6) is 5.75 Å². The third kappa shape index (κ3) is 4.72. The number of nitrogens with one attached hydrogen (secondary N) is 1. The summed E-state index contributed by atoms with van der Waals surface area (Å²) in [5.74, 6) is 0.151. The summed E-state index contributed by atoms with van der Waals surface area (Å²) in [5.41, 5.74) is 1.24. The SMILES string of the molecule is Cc1cccc(O[C@H](C)C(=O)Nc2cc(S(C)(=O)=O)ccc2Cl)c1. The van der Waals surface area contributed by atoms with E-state index in [1.54, 1.807) is 13.0 Å². The molecular weight excluding hydrogens is 350 g/mol. The molecule has 2 rings (SSSR count). The maximum Gasteiger partial charge on any atom is 0.265 e. The average molecular weight is 368 g/mol. The molecule has 2 aromatic carbocycles. The fourth-order valence-electron chi connectivity index (χ4n) is 2.01. The van der Waals surface area contributed by atoms with Crippen LogP contribution in [-0.4, -0.2) is 26.7 Å². The Kier molecular flexibility index (Phi) is 5.51. The quantitative estimate of drug-likeness (QED) is 0.878. The Morgan fingerprint density at radius 3 is 2.54 bits per heavy atom. The predicted octanol–water partition coefficient (Wildman–Crippen LogP) is 3.46. The first-order valence-corrected chi connectivity index (χ1v) is 9.47. The molecule has 0 saturated heterocycles. The highest BCUT2D eigenvalue weighted by atomic mass is 35.5. The Labute approximate surface area is 146 Å². The normalized spacial score (nSPS) is 12.5. The summed E-state index contributed by atoms with van der Waals surface area (Å²) in [4.78, 5) is 12.3. The number of amides is 1. The van der Waals surface area contributed by atoms with Gasteiger partial charge in [0.2, 0.25) is 0 Å².